The van der Waals surface area contributed by atoms with E-state index >= 15 is 0 Å². The summed E-state index contributed by atoms with van der Waals surface area (Å²) < 4.78 is 29.3. The van der Waals surface area contributed by atoms with Crippen LogP contribution in [0.4, 0.5) is 4.39 Å². The van der Waals surface area contributed by atoms with E-state index in [0.717, 1.165) is 11.1 Å². The molecule has 1 heterocycles. The maximum atomic E-state index is 13.7. The van der Waals surface area contributed by atoms with Crippen LogP contribution in [0, 0.1) is 19.7 Å². The number of nitrogens with one attached hydrogen (secondary N) is 1. The number of ether oxygens (including phenoxy) is 3. The summed E-state index contributed by atoms with van der Waals surface area (Å²) in [5.41, 5.74) is 3.53. The Kier molecular flexibility index (Phi) is 5.71. The Morgan fingerprint density at radius 3 is 2.78 bits per heavy atom. The Labute approximate surface area is 156 Å². The fraction of sp³-hybridized carbons (Fsp3) is 0.300. The molecule has 0 saturated carbocycles. The van der Waals surface area contributed by atoms with Crippen molar-refractivity contribution in [3.05, 3.63) is 64.0 Å². The van der Waals surface area contributed by atoms with Gasteiger partial charge in [-0.2, -0.15) is 0 Å². The summed E-state index contributed by atoms with van der Waals surface area (Å²) in [4.78, 5) is 24.1. The first kappa shape index (κ1) is 18.8. The van der Waals surface area contributed by atoms with Crippen LogP contribution in [0.15, 0.2) is 30.3 Å². The van der Waals surface area contributed by atoms with Crippen LogP contribution >= 0.6 is 0 Å². The summed E-state index contributed by atoms with van der Waals surface area (Å²) in [6.45, 7) is 3.72. The Bertz CT molecular complexity index is 881. The van der Waals surface area contributed by atoms with Crippen LogP contribution in [-0.2, 0) is 27.5 Å². The molecule has 1 aliphatic heterocycles. The van der Waals surface area contributed by atoms with Gasteiger partial charge in [0.15, 0.2) is 6.79 Å². The van der Waals surface area contributed by atoms with E-state index in [1.807, 2.05) is 19.9 Å². The van der Waals surface area contributed by atoms with E-state index in [-0.39, 0.29) is 32.5 Å². The van der Waals surface area contributed by atoms with Crippen LogP contribution in [0.2, 0.25) is 0 Å². The molecule has 1 aliphatic rings. The van der Waals surface area contributed by atoms with Crippen LogP contribution in [0.5, 0.6) is 5.75 Å². The maximum Gasteiger partial charge on any atom is 0.325 e. The number of benzene rings is 2. The Hall–Kier alpha value is -2.93. The number of esters is 1. The van der Waals surface area contributed by atoms with Gasteiger partial charge in [-0.15, -0.1) is 0 Å². The molecule has 3 rings (SSSR count). The van der Waals surface area contributed by atoms with Gasteiger partial charge in [-0.1, -0.05) is 6.07 Å². The van der Waals surface area contributed by atoms with Crippen LogP contribution in [-0.4, -0.2) is 25.2 Å². The lowest BCUT2D eigenvalue weighted by Gasteiger charge is -2.20. The lowest BCUT2D eigenvalue weighted by Crippen LogP contribution is -2.30. The molecule has 0 fully saturated rings. The van der Waals surface area contributed by atoms with Crippen molar-refractivity contribution < 1.29 is 28.2 Å². The number of carbonyl (C=O) groups is 2. The molecule has 6 nitrogen and oxygen atoms in total. The van der Waals surface area contributed by atoms with Crippen molar-refractivity contribution in [1.82, 2.24) is 5.32 Å². The highest BCUT2D eigenvalue weighted by Crippen LogP contribution is 2.29. The second kappa shape index (κ2) is 8.18. The largest absolute Gasteiger partial charge is 0.467 e. The van der Waals surface area contributed by atoms with Crippen LogP contribution < -0.4 is 10.1 Å². The number of fused-ring (bicyclic) bond motifs is 1. The van der Waals surface area contributed by atoms with E-state index in [1.165, 1.54) is 12.1 Å². The molecule has 0 unspecified atom stereocenters. The second-order valence-electron chi connectivity index (χ2n) is 6.31. The highest BCUT2D eigenvalue weighted by molar-refractivity contribution is 5.96. The normalized spacial score (nSPS) is 12.7. The number of hydrogen-bond acceptors (Lipinski definition) is 5. The van der Waals surface area contributed by atoms with Gasteiger partial charge in [-0.25, -0.2) is 4.39 Å². The molecule has 2 aromatic carbocycles. The van der Waals surface area contributed by atoms with Crippen LogP contribution in [0.3, 0.4) is 0 Å². The van der Waals surface area contributed by atoms with E-state index in [9.17, 15) is 14.0 Å². The first-order valence-corrected chi connectivity index (χ1v) is 8.47. The number of aryl methyl sites for hydroxylation is 2. The van der Waals surface area contributed by atoms with Gasteiger partial charge in [-0.3, -0.25) is 9.59 Å². The maximum absolute atomic E-state index is 13.7. The summed E-state index contributed by atoms with van der Waals surface area (Å²) in [6, 6.07) is 7.88. The second-order valence-corrected chi connectivity index (χ2v) is 6.31. The number of carbonyl (C=O) groups excluding carboxylic acids is 2. The van der Waals surface area contributed by atoms with E-state index in [4.69, 9.17) is 14.2 Å². The lowest BCUT2D eigenvalue weighted by atomic mass is 10.1. The summed E-state index contributed by atoms with van der Waals surface area (Å²) >= 11 is 0. The molecule has 2 aromatic rings. The van der Waals surface area contributed by atoms with Crippen molar-refractivity contribution in [1.29, 1.82) is 0 Å². The first-order chi connectivity index (χ1) is 12.9. The Morgan fingerprint density at radius 1 is 1.19 bits per heavy atom. The van der Waals surface area contributed by atoms with E-state index in [0.29, 0.717) is 22.4 Å². The zero-order valence-corrected chi connectivity index (χ0v) is 15.1. The van der Waals surface area contributed by atoms with Gasteiger partial charge in [0, 0.05) is 16.7 Å². The molecule has 0 atom stereocenters. The fourth-order valence-electron chi connectivity index (χ4n) is 2.71. The molecular weight excluding hydrogens is 353 g/mol. The molecule has 0 saturated heterocycles. The molecule has 142 valence electrons. The SMILES string of the molecule is Cc1ccc(C(=O)NCC(=O)OCc2cc(F)cc3c2OCOC3)cc1C. The molecule has 0 radical (unpaired) electrons. The minimum absolute atomic E-state index is 0.0611. The average Bonchev–Trinajstić information content (AvgIpc) is 2.66. The number of amides is 1. The zero-order chi connectivity index (χ0) is 19.4. The van der Waals surface area contributed by atoms with Crippen molar-refractivity contribution >= 4 is 11.9 Å². The Morgan fingerprint density at radius 2 is 2.00 bits per heavy atom. The highest BCUT2D eigenvalue weighted by Gasteiger charge is 2.18. The molecular formula is C20H20FNO5. The van der Waals surface area contributed by atoms with Crippen molar-refractivity contribution in [3.63, 3.8) is 0 Å². The number of rotatable bonds is 5. The molecule has 27 heavy (non-hydrogen) atoms. The minimum atomic E-state index is -0.628. The fourth-order valence-corrected chi connectivity index (χ4v) is 2.71. The third-order valence-electron chi connectivity index (χ3n) is 4.30. The highest BCUT2D eigenvalue weighted by atomic mass is 19.1. The number of halogens is 1. The van der Waals surface area contributed by atoms with Crippen molar-refractivity contribution in [2.45, 2.75) is 27.1 Å². The Balaban J connectivity index is 1.55. The van der Waals surface area contributed by atoms with Gasteiger partial charge in [0.25, 0.3) is 5.91 Å². The number of hydrogen-bond donors (Lipinski definition) is 1. The topological polar surface area (TPSA) is 73.9 Å². The molecule has 0 bridgehead atoms. The van der Waals surface area contributed by atoms with Crippen molar-refractivity contribution in [2.24, 2.45) is 0 Å². The van der Waals surface area contributed by atoms with Crippen LogP contribution in [0.25, 0.3) is 0 Å². The minimum Gasteiger partial charge on any atom is -0.467 e. The predicted octanol–water partition coefficient (Wildman–Crippen LogP) is 2.78. The summed E-state index contributed by atoms with van der Waals surface area (Å²) in [7, 11) is 0. The van der Waals surface area contributed by atoms with Gasteiger partial charge < -0.3 is 19.5 Å². The van der Waals surface area contributed by atoms with Gasteiger partial charge in [0.05, 0.1) is 6.61 Å². The van der Waals surface area contributed by atoms with Gasteiger partial charge in [0.1, 0.15) is 24.7 Å². The zero-order valence-electron chi connectivity index (χ0n) is 15.1. The first-order valence-electron chi connectivity index (χ1n) is 8.47. The van der Waals surface area contributed by atoms with Crippen LogP contribution in [0.1, 0.15) is 32.6 Å². The van der Waals surface area contributed by atoms with Gasteiger partial charge in [-0.05, 0) is 49.2 Å². The molecule has 7 heteroatoms. The lowest BCUT2D eigenvalue weighted by molar-refractivity contribution is -0.143. The molecule has 1 amide bonds. The third-order valence-corrected chi connectivity index (χ3v) is 4.30. The summed E-state index contributed by atoms with van der Waals surface area (Å²) in [5, 5.41) is 2.52. The molecule has 1 N–H and O–H groups in total. The van der Waals surface area contributed by atoms with Crippen molar-refractivity contribution in [2.75, 3.05) is 13.3 Å². The van der Waals surface area contributed by atoms with E-state index < -0.39 is 11.8 Å². The quantitative estimate of drug-likeness (QED) is 0.816. The van der Waals surface area contributed by atoms with E-state index in [2.05, 4.69) is 5.32 Å². The molecule has 0 spiro atoms. The standard InChI is InChI=1S/C20H20FNO5/c1-12-3-4-14(5-13(12)2)20(24)22-8-18(23)26-10-16-7-17(21)6-15-9-25-11-27-19(15)16/h3-7H,8-11H2,1-2H3,(H,22,24). The van der Waals surface area contributed by atoms with Crippen molar-refractivity contribution in [3.8, 4) is 5.75 Å². The monoisotopic (exact) mass is 373 g/mol. The average molecular weight is 373 g/mol. The third kappa shape index (κ3) is 4.62. The van der Waals surface area contributed by atoms with Gasteiger partial charge >= 0.3 is 5.97 Å². The summed E-state index contributed by atoms with van der Waals surface area (Å²) in [5.74, 6) is -0.984. The summed E-state index contributed by atoms with van der Waals surface area (Å²) in [6.07, 6.45) is 0. The molecule has 0 aliphatic carbocycles. The van der Waals surface area contributed by atoms with E-state index in [1.54, 1.807) is 12.1 Å². The predicted molar refractivity (Wildman–Crippen MR) is 94.7 cm³/mol. The smallest absolute Gasteiger partial charge is 0.325 e. The van der Waals surface area contributed by atoms with Gasteiger partial charge in [0.2, 0.25) is 0 Å². The molecule has 0 aromatic heterocycles.